The van der Waals surface area contributed by atoms with Gasteiger partial charge >= 0.3 is 0 Å². The fraction of sp³-hybridized carbons (Fsp3) is 0.0588. The summed E-state index contributed by atoms with van der Waals surface area (Å²) in [7, 11) is -10.1. The monoisotopic (exact) mass is 872 g/mol. The van der Waals surface area contributed by atoms with Crippen LogP contribution in [0.4, 0.5) is 34.1 Å². The molecule has 302 valence electrons. The SMILES string of the molecule is Cc1cc(-c2ccc(N=Nc3ccc4c(S(=O)(=O)O)cc(S(=O)(=O)O)c(N)c4c3O)c(C)c2)ccc1N=Nc1ccc2c(SOOO)cc(SOOO)c(N)c2c1O. The van der Waals surface area contributed by atoms with Gasteiger partial charge < -0.3 is 21.7 Å². The lowest BCUT2D eigenvalue weighted by Crippen LogP contribution is -2.08. The molecule has 58 heavy (non-hydrogen) atoms. The Bertz CT molecular complexity index is 2910. The Morgan fingerprint density at radius 2 is 0.983 bits per heavy atom. The molecule has 6 rings (SSSR count). The summed E-state index contributed by atoms with van der Waals surface area (Å²) in [6.45, 7) is 3.57. The van der Waals surface area contributed by atoms with E-state index in [0.717, 1.165) is 22.8 Å². The molecule has 0 fully saturated rings. The van der Waals surface area contributed by atoms with Gasteiger partial charge in [-0.1, -0.05) is 34.3 Å². The maximum absolute atomic E-state index is 12.0. The average Bonchev–Trinajstić information content (AvgIpc) is 3.16. The Morgan fingerprint density at radius 1 is 0.552 bits per heavy atom. The van der Waals surface area contributed by atoms with Crippen molar-refractivity contribution >= 4 is 100.0 Å². The maximum atomic E-state index is 12.0. The number of anilines is 2. The summed E-state index contributed by atoms with van der Waals surface area (Å²) in [6, 6.07) is 18.0. The number of azo groups is 2. The Morgan fingerprint density at radius 3 is 1.45 bits per heavy atom. The first-order valence-electron chi connectivity index (χ1n) is 15.9. The third-order valence-corrected chi connectivity index (χ3v) is 11.6. The van der Waals surface area contributed by atoms with Crippen molar-refractivity contribution in [2.24, 2.45) is 20.5 Å². The van der Waals surface area contributed by atoms with Crippen LogP contribution >= 0.6 is 24.1 Å². The van der Waals surface area contributed by atoms with E-state index in [-0.39, 0.29) is 38.5 Å². The van der Waals surface area contributed by atoms with Crippen molar-refractivity contribution in [2.75, 3.05) is 11.5 Å². The Kier molecular flexibility index (Phi) is 12.2. The largest absolute Gasteiger partial charge is 0.505 e. The molecule has 0 heterocycles. The van der Waals surface area contributed by atoms with E-state index in [1.165, 1.54) is 18.2 Å². The second-order valence-electron chi connectivity index (χ2n) is 12.1. The van der Waals surface area contributed by atoms with Gasteiger partial charge in [0.15, 0.2) is 11.5 Å². The van der Waals surface area contributed by atoms with Crippen molar-refractivity contribution in [1.82, 2.24) is 0 Å². The van der Waals surface area contributed by atoms with Gasteiger partial charge in [-0.05, 0) is 84.6 Å². The van der Waals surface area contributed by atoms with Crippen molar-refractivity contribution in [3.05, 3.63) is 83.9 Å². The molecule has 6 aromatic carbocycles. The number of nitrogen functional groups attached to an aromatic ring is 2. The van der Waals surface area contributed by atoms with Crippen LogP contribution in [-0.2, 0) is 39.0 Å². The van der Waals surface area contributed by atoms with E-state index >= 15 is 0 Å². The van der Waals surface area contributed by atoms with Crippen molar-refractivity contribution in [3.63, 3.8) is 0 Å². The van der Waals surface area contributed by atoms with Crippen LogP contribution in [-0.4, -0.2) is 46.7 Å². The lowest BCUT2D eigenvalue weighted by atomic mass is 10.0. The van der Waals surface area contributed by atoms with E-state index in [1.54, 1.807) is 37.3 Å². The molecule has 0 saturated heterocycles. The highest BCUT2D eigenvalue weighted by atomic mass is 32.2. The van der Waals surface area contributed by atoms with E-state index in [2.05, 4.69) is 39.2 Å². The van der Waals surface area contributed by atoms with E-state index in [4.69, 9.17) is 22.0 Å². The number of nitrogens with two attached hydrogens (primary N) is 2. The molecule has 0 bridgehead atoms. The lowest BCUT2D eigenvalue weighted by molar-refractivity contribution is -0.432. The quantitative estimate of drug-likeness (QED) is 0.0134. The third-order valence-electron chi connectivity index (χ3n) is 8.56. The molecule has 0 spiro atoms. The van der Waals surface area contributed by atoms with Gasteiger partial charge in [0.2, 0.25) is 0 Å². The molecule has 0 amide bonds. The highest BCUT2D eigenvalue weighted by Gasteiger charge is 2.27. The fourth-order valence-electron chi connectivity index (χ4n) is 5.85. The summed E-state index contributed by atoms with van der Waals surface area (Å²) in [5.41, 5.74) is 15.2. The van der Waals surface area contributed by atoms with Crippen LogP contribution < -0.4 is 11.5 Å². The molecular weight excluding hydrogens is 845 g/mol. The number of aromatic hydroxyl groups is 2. The molecular formula is C34H28N6O14S4. The van der Waals surface area contributed by atoms with Crippen molar-refractivity contribution in [3.8, 4) is 22.6 Å². The molecule has 0 saturated carbocycles. The minimum Gasteiger partial charge on any atom is -0.505 e. The van der Waals surface area contributed by atoms with Gasteiger partial charge in [0.25, 0.3) is 20.2 Å². The number of phenolic OH excluding ortho intramolecular Hbond substituents is 2. The number of hydrogen-bond donors (Lipinski definition) is 8. The lowest BCUT2D eigenvalue weighted by Gasteiger charge is -2.13. The van der Waals surface area contributed by atoms with E-state index < -0.39 is 46.9 Å². The second kappa shape index (κ2) is 16.8. The van der Waals surface area contributed by atoms with Crippen LogP contribution in [0.15, 0.2) is 113 Å². The zero-order valence-corrected chi connectivity index (χ0v) is 32.7. The van der Waals surface area contributed by atoms with Gasteiger partial charge in [0.1, 0.15) is 21.2 Å². The summed E-state index contributed by atoms with van der Waals surface area (Å²) in [5, 5.41) is 63.2. The minimum atomic E-state index is -5.08. The first-order chi connectivity index (χ1) is 27.4. The van der Waals surface area contributed by atoms with Gasteiger partial charge in [-0.2, -0.15) is 27.1 Å². The number of aryl methyl sites for hydroxylation is 2. The summed E-state index contributed by atoms with van der Waals surface area (Å²) >= 11 is 1.15. The third kappa shape index (κ3) is 8.53. The van der Waals surface area contributed by atoms with Gasteiger partial charge in [-0.15, -0.1) is 18.9 Å². The van der Waals surface area contributed by atoms with Gasteiger partial charge in [0, 0.05) is 15.7 Å². The Balaban J connectivity index is 1.27. The first kappa shape index (κ1) is 42.1. The van der Waals surface area contributed by atoms with Crippen LogP contribution in [0.1, 0.15) is 11.1 Å². The van der Waals surface area contributed by atoms with Gasteiger partial charge in [-0.25, -0.2) is 10.5 Å². The van der Waals surface area contributed by atoms with Crippen LogP contribution in [0.25, 0.3) is 32.7 Å². The maximum Gasteiger partial charge on any atom is 0.296 e. The predicted molar refractivity (Wildman–Crippen MR) is 211 cm³/mol. The zero-order valence-electron chi connectivity index (χ0n) is 29.5. The molecule has 24 heteroatoms. The second-order valence-corrected chi connectivity index (χ2v) is 16.4. The number of benzene rings is 6. The average molecular weight is 873 g/mol. The number of hydrogen-bond acceptors (Lipinski definition) is 20. The van der Waals surface area contributed by atoms with Gasteiger partial charge in [-0.3, -0.25) is 9.11 Å². The Hall–Kier alpha value is -5.48. The first-order valence-corrected chi connectivity index (χ1v) is 20.3. The van der Waals surface area contributed by atoms with Crippen LogP contribution in [0.3, 0.4) is 0 Å². The highest BCUT2D eigenvalue weighted by Crippen LogP contribution is 2.47. The molecule has 20 nitrogen and oxygen atoms in total. The zero-order chi connectivity index (χ0) is 42.1. The van der Waals surface area contributed by atoms with Crippen LogP contribution in [0, 0.1) is 13.8 Å². The van der Waals surface area contributed by atoms with Crippen molar-refractivity contribution in [2.45, 2.75) is 33.4 Å². The predicted octanol–water partition coefficient (Wildman–Crippen LogP) is 9.03. The topological polar surface area (TPSA) is 328 Å². The molecule has 10 N–H and O–H groups in total. The van der Waals surface area contributed by atoms with E-state index in [1.807, 2.05) is 19.1 Å². The molecule has 0 aliphatic carbocycles. The molecule has 0 aliphatic heterocycles. The van der Waals surface area contributed by atoms with Crippen LogP contribution in [0.5, 0.6) is 11.5 Å². The molecule has 0 unspecified atom stereocenters. The number of rotatable bonds is 13. The summed E-state index contributed by atoms with van der Waals surface area (Å²) in [6.07, 6.45) is 0. The summed E-state index contributed by atoms with van der Waals surface area (Å²) in [4.78, 5) is -1.41. The molecule has 0 aliphatic rings. The van der Waals surface area contributed by atoms with E-state index in [9.17, 15) is 36.2 Å². The van der Waals surface area contributed by atoms with Crippen molar-refractivity contribution in [1.29, 1.82) is 0 Å². The highest BCUT2D eigenvalue weighted by molar-refractivity contribution is 7.95. The summed E-state index contributed by atoms with van der Waals surface area (Å²) in [5.74, 6) is -1.09. The summed E-state index contributed by atoms with van der Waals surface area (Å²) < 4.78 is 76.2. The number of phenols is 2. The normalized spacial score (nSPS) is 12.4. The molecule has 0 radical (unpaired) electrons. The van der Waals surface area contributed by atoms with Gasteiger partial charge in [0.05, 0.1) is 62.5 Å². The molecule has 0 atom stereocenters. The fourth-order valence-corrected chi connectivity index (χ4v) is 8.35. The van der Waals surface area contributed by atoms with E-state index in [0.29, 0.717) is 57.4 Å². The molecule has 6 aromatic rings. The Labute approximate surface area is 336 Å². The minimum absolute atomic E-state index is 0.0509. The number of nitrogens with zero attached hydrogens (tertiary/aromatic N) is 4. The van der Waals surface area contributed by atoms with Crippen molar-refractivity contribution < 1.29 is 65.4 Å². The van der Waals surface area contributed by atoms with Crippen LogP contribution in [0.2, 0.25) is 0 Å². The molecule has 0 aromatic heterocycles. The smallest absolute Gasteiger partial charge is 0.296 e. The number of fused-ring (bicyclic) bond motifs is 2. The standard InChI is InChI=1S/C34H28N6O14S4/c1-15-11-17(3-7-21(15)37-39-23-9-5-19-25(55-53-51-43)13-26(56-54-52-44)31(35)29(19)33(23)41)18-4-8-22(16(2)12-18)38-40-24-10-6-20-27(57(45,46)47)14-28(58(48,49)50)32(36)30(20)34(24)42/h3-14,41-44H,35-36H2,1-2H3,(H,45,46,47)(H,48,49,50).